The van der Waals surface area contributed by atoms with Gasteiger partial charge in [-0.3, -0.25) is 9.69 Å². The molecule has 1 heterocycles. The van der Waals surface area contributed by atoms with Gasteiger partial charge in [-0.05, 0) is 43.1 Å². The van der Waals surface area contributed by atoms with Gasteiger partial charge in [0.1, 0.15) is 11.8 Å². The van der Waals surface area contributed by atoms with E-state index in [2.05, 4.69) is 0 Å². The van der Waals surface area contributed by atoms with Crippen molar-refractivity contribution in [1.29, 1.82) is 0 Å². The summed E-state index contributed by atoms with van der Waals surface area (Å²) in [5.41, 5.74) is 1.99. The molecule has 2 aliphatic rings. The Morgan fingerprint density at radius 1 is 1.50 bits per heavy atom. The van der Waals surface area contributed by atoms with Crippen molar-refractivity contribution in [3.63, 3.8) is 0 Å². The first-order valence-corrected chi connectivity index (χ1v) is 6.37. The third-order valence-corrected chi connectivity index (χ3v) is 3.79. The SMILES string of the molecule is CN(C1CC1)C(C(=O)O)c1ccc2c(c1)CCO2. The molecule has 0 aromatic heterocycles. The molecule has 0 saturated heterocycles. The van der Waals surface area contributed by atoms with E-state index in [4.69, 9.17) is 4.74 Å². The lowest BCUT2D eigenvalue weighted by atomic mass is 10.0. The van der Waals surface area contributed by atoms with Crippen molar-refractivity contribution < 1.29 is 14.6 Å². The van der Waals surface area contributed by atoms with Crippen LogP contribution in [0.5, 0.6) is 5.75 Å². The minimum atomic E-state index is -0.775. The number of carboxylic acid groups (broad SMARTS) is 1. The fourth-order valence-corrected chi connectivity index (χ4v) is 2.62. The first-order valence-electron chi connectivity index (χ1n) is 6.37. The van der Waals surface area contributed by atoms with Crippen LogP contribution in [0.1, 0.15) is 30.0 Å². The highest BCUT2D eigenvalue weighted by Crippen LogP contribution is 2.35. The van der Waals surface area contributed by atoms with Gasteiger partial charge >= 0.3 is 5.97 Å². The summed E-state index contributed by atoms with van der Waals surface area (Å²) in [6.07, 6.45) is 3.09. The van der Waals surface area contributed by atoms with E-state index in [1.807, 2.05) is 30.1 Å². The number of nitrogens with zero attached hydrogens (tertiary/aromatic N) is 1. The fourth-order valence-electron chi connectivity index (χ4n) is 2.62. The van der Waals surface area contributed by atoms with Crippen molar-refractivity contribution in [3.8, 4) is 5.75 Å². The van der Waals surface area contributed by atoms with Gasteiger partial charge in [0, 0.05) is 12.5 Å². The van der Waals surface area contributed by atoms with Gasteiger partial charge in [-0.2, -0.15) is 0 Å². The van der Waals surface area contributed by atoms with Crippen LogP contribution >= 0.6 is 0 Å². The molecule has 3 rings (SSSR count). The van der Waals surface area contributed by atoms with Crippen LogP contribution in [0.15, 0.2) is 18.2 Å². The Hall–Kier alpha value is -1.55. The first-order chi connectivity index (χ1) is 8.66. The van der Waals surface area contributed by atoms with Crippen molar-refractivity contribution in [2.45, 2.75) is 31.3 Å². The molecule has 1 aromatic carbocycles. The number of likely N-dealkylation sites (N-methyl/N-ethyl adjacent to an activating group) is 1. The van der Waals surface area contributed by atoms with Crippen LogP contribution < -0.4 is 4.74 Å². The van der Waals surface area contributed by atoms with Crippen molar-refractivity contribution >= 4 is 5.97 Å². The predicted octanol–water partition coefficient (Wildman–Crippen LogP) is 1.84. The summed E-state index contributed by atoms with van der Waals surface area (Å²) in [4.78, 5) is 13.5. The largest absolute Gasteiger partial charge is 0.493 e. The number of aliphatic carboxylic acids is 1. The Kier molecular flexibility index (Phi) is 2.74. The standard InChI is InChI=1S/C14H17NO3/c1-15(11-3-4-11)13(14(16)17)10-2-5-12-9(8-10)6-7-18-12/h2,5,8,11,13H,3-4,6-7H2,1H3,(H,16,17). The molecule has 1 saturated carbocycles. The smallest absolute Gasteiger partial charge is 0.325 e. The lowest BCUT2D eigenvalue weighted by Gasteiger charge is -2.25. The lowest BCUT2D eigenvalue weighted by molar-refractivity contribution is -0.143. The van der Waals surface area contributed by atoms with E-state index >= 15 is 0 Å². The highest BCUT2D eigenvalue weighted by atomic mass is 16.5. The number of fused-ring (bicyclic) bond motifs is 1. The van der Waals surface area contributed by atoms with E-state index < -0.39 is 12.0 Å². The number of rotatable bonds is 4. The van der Waals surface area contributed by atoms with E-state index in [1.54, 1.807) is 0 Å². The van der Waals surface area contributed by atoms with Crippen molar-refractivity contribution in [2.75, 3.05) is 13.7 Å². The second kappa shape index (κ2) is 4.28. The first kappa shape index (κ1) is 11.5. The van der Waals surface area contributed by atoms with Gasteiger partial charge in [0.15, 0.2) is 0 Å². The second-order valence-electron chi connectivity index (χ2n) is 5.10. The number of hydrogen-bond acceptors (Lipinski definition) is 3. The Morgan fingerprint density at radius 3 is 2.94 bits per heavy atom. The molecular formula is C14H17NO3. The Bertz CT molecular complexity index is 482. The number of carbonyl (C=O) groups is 1. The Labute approximate surface area is 106 Å². The van der Waals surface area contributed by atoms with E-state index in [9.17, 15) is 9.90 Å². The number of hydrogen-bond donors (Lipinski definition) is 1. The van der Waals surface area contributed by atoms with Gasteiger partial charge in [-0.1, -0.05) is 6.07 Å². The molecule has 1 aromatic rings. The zero-order chi connectivity index (χ0) is 12.7. The molecule has 1 fully saturated rings. The van der Waals surface area contributed by atoms with Gasteiger partial charge in [-0.15, -0.1) is 0 Å². The summed E-state index contributed by atoms with van der Waals surface area (Å²) in [6, 6.07) is 5.65. The molecule has 0 amide bonds. The lowest BCUT2D eigenvalue weighted by Crippen LogP contribution is -2.32. The van der Waals surface area contributed by atoms with Crippen LogP contribution in [0, 0.1) is 0 Å². The van der Waals surface area contributed by atoms with Gasteiger partial charge < -0.3 is 9.84 Å². The van der Waals surface area contributed by atoms with E-state index in [-0.39, 0.29) is 0 Å². The van der Waals surface area contributed by atoms with Crippen LogP contribution in [-0.2, 0) is 11.2 Å². The van der Waals surface area contributed by atoms with Gasteiger partial charge in [0.05, 0.1) is 6.61 Å². The summed E-state index contributed by atoms with van der Waals surface area (Å²) in [5.74, 6) is 0.125. The quantitative estimate of drug-likeness (QED) is 0.882. The van der Waals surface area contributed by atoms with Crippen LogP contribution in [0.2, 0.25) is 0 Å². The van der Waals surface area contributed by atoms with Gasteiger partial charge in [0.25, 0.3) is 0 Å². The molecule has 96 valence electrons. The molecule has 0 bridgehead atoms. The predicted molar refractivity (Wildman–Crippen MR) is 66.8 cm³/mol. The summed E-state index contributed by atoms with van der Waals surface area (Å²) in [7, 11) is 1.90. The molecule has 1 unspecified atom stereocenters. The van der Waals surface area contributed by atoms with Crippen LogP contribution in [-0.4, -0.2) is 35.7 Å². The normalized spacial score (nSPS) is 19.4. The summed E-state index contributed by atoms with van der Waals surface area (Å²) < 4.78 is 5.45. The maximum absolute atomic E-state index is 11.5. The molecule has 0 spiro atoms. The average Bonchev–Trinajstić information content (AvgIpc) is 3.08. The summed E-state index contributed by atoms with van der Waals surface area (Å²) in [6.45, 7) is 0.703. The zero-order valence-corrected chi connectivity index (χ0v) is 10.4. The Morgan fingerprint density at radius 2 is 2.28 bits per heavy atom. The minimum absolute atomic E-state index is 0.426. The second-order valence-corrected chi connectivity index (χ2v) is 5.10. The van der Waals surface area contributed by atoms with Crippen molar-refractivity contribution in [3.05, 3.63) is 29.3 Å². The molecule has 0 radical (unpaired) electrons. The molecule has 1 atom stereocenters. The van der Waals surface area contributed by atoms with Crippen LogP contribution in [0.4, 0.5) is 0 Å². The molecule has 1 N–H and O–H groups in total. The van der Waals surface area contributed by atoms with Crippen molar-refractivity contribution in [2.24, 2.45) is 0 Å². The number of benzene rings is 1. The topological polar surface area (TPSA) is 49.8 Å². The number of carboxylic acids is 1. The molecular weight excluding hydrogens is 230 g/mol. The van der Waals surface area contributed by atoms with Crippen LogP contribution in [0.25, 0.3) is 0 Å². The zero-order valence-electron chi connectivity index (χ0n) is 10.4. The van der Waals surface area contributed by atoms with E-state index in [0.29, 0.717) is 12.6 Å². The van der Waals surface area contributed by atoms with Crippen LogP contribution in [0.3, 0.4) is 0 Å². The van der Waals surface area contributed by atoms with Gasteiger partial charge in [-0.25, -0.2) is 0 Å². The maximum Gasteiger partial charge on any atom is 0.325 e. The maximum atomic E-state index is 11.5. The summed E-state index contributed by atoms with van der Waals surface area (Å²) in [5, 5.41) is 9.45. The Balaban J connectivity index is 1.92. The molecule has 18 heavy (non-hydrogen) atoms. The van der Waals surface area contributed by atoms with E-state index in [1.165, 1.54) is 0 Å². The third-order valence-electron chi connectivity index (χ3n) is 3.79. The van der Waals surface area contributed by atoms with E-state index in [0.717, 1.165) is 36.1 Å². The monoisotopic (exact) mass is 247 g/mol. The molecule has 4 heteroatoms. The third kappa shape index (κ3) is 1.97. The minimum Gasteiger partial charge on any atom is -0.493 e. The average molecular weight is 247 g/mol. The van der Waals surface area contributed by atoms with Gasteiger partial charge in [0.2, 0.25) is 0 Å². The highest BCUT2D eigenvalue weighted by Gasteiger charge is 2.35. The fraction of sp³-hybridized carbons (Fsp3) is 0.500. The summed E-state index contributed by atoms with van der Waals surface area (Å²) >= 11 is 0. The molecule has 1 aliphatic heterocycles. The number of ether oxygens (including phenoxy) is 1. The molecule has 1 aliphatic carbocycles. The molecule has 4 nitrogen and oxygen atoms in total. The van der Waals surface area contributed by atoms with Crippen molar-refractivity contribution in [1.82, 2.24) is 4.90 Å². The highest BCUT2D eigenvalue weighted by molar-refractivity contribution is 5.76.